The van der Waals surface area contributed by atoms with Crippen LogP contribution in [0.2, 0.25) is 0 Å². The van der Waals surface area contributed by atoms with E-state index in [4.69, 9.17) is 0 Å². The fourth-order valence-corrected chi connectivity index (χ4v) is 1.51. The summed E-state index contributed by atoms with van der Waals surface area (Å²) in [7, 11) is 0. The Morgan fingerprint density at radius 2 is 1.94 bits per heavy atom. The van der Waals surface area contributed by atoms with Crippen LogP contribution >= 0.6 is 0 Å². The van der Waals surface area contributed by atoms with Gasteiger partial charge < -0.3 is 4.74 Å². The Morgan fingerprint density at radius 1 is 1.33 bits per heavy atom. The molecule has 98 valence electrons. The largest absolute Gasteiger partial charge is 0.463 e. The molecule has 5 heteroatoms. The molecule has 0 saturated heterocycles. The fraction of sp³-hybridized carbons (Fsp3) is 0.308. The van der Waals surface area contributed by atoms with Gasteiger partial charge in [0, 0.05) is 6.08 Å². The molecule has 0 N–H and O–H groups in total. The molecule has 0 unspecified atom stereocenters. The first-order valence-electron chi connectivity index (χ1n) is 5.38. The van der Waals surface area contributed by atoms with Gasteiger partial charge >= 0.3 is 12.1 Å². The zero-order valence-electron chi connectivity index (χ0n) is 10.0. The van der Waals surface area contributed by atoms with Crippen LogP contribution in [0.5, 0.6) is 0 Å². The van der Waals surface area contributed by atoms with Gasteiger partial charge in [0.25, 0.3) is 0 Å². The minimum atomic E-state index is -4.44. The first-order chi connectivity index (χ1) is 8.36. The first kappa shape index (κ1) is 14.3. The Balaban J connectivity index is 3.14. The quantitative estimate of drug-likeness (QED) is 0.610. The van der Waals surface area contributed by atoms with E-state index in [9.17, 15) is 18.0 Å². The third-order valence-electron chi connectivity index (χ3n) is 2.28. The summed E-state index contributed by atoms with van der Waals surface area (Å²) in [6.07, 6.45) is -3.38. The van der Waals surface area contributed by atoms with Gasteiger partial charge in [0.2, 0.25) is 0 Å². The number of halogens is 3. The second-order valence-electron chi connectivity index (χ2n) is 3.62. The van der Waals surface area contributed by atoms with Gasteiger partial charge in [-0.2, -0.15) is 13.2 Å². The maximum absolute atomic E-state index is 12.8. The number of ether oxygens (including phenoxy) is 1. The lowest BCUT2D eigenvalue weighted by molar-refractivity contribution is -0.138. The number of hydrogen-bond acceptors (Lipinski definition) is 2. The van der Waals surface area contributed by atoms with E-state index in [1.807, 2.05) is 0 Å². The molecule has 18 heavy (non-hydrogen) atoms. The van der Waals surface area contributed by atoms with Crippen molar-refractivity contribution >= 4 is 11.5 Å². The molecule has 1 aromatic rings. The van der Waals surface area contributed by atoms with Gasteiger partial charge in [0.1, 0.15) is 0 Å². The third-order valence-corrected chi connectivity index (χ3v) is 2.28. The van der Waals surface area contributed by atoms with Gasteiger partial charge in [-0.25, -0.2) is 4.79 Å². The Hall–Kier alpha value is -1.78. The smallest absolute Gasteiger partial charge is 0.416 e. The summed E-state index contributed by atoms with van der Waals surface area (Å²) in [4.78, 5) is 11.2. The van der Waals surface area contributed by atoms with Gasteiger partial charge in [-0.05, 0) is 31.1 Å². The molecule has 1 rings (SSSR count). The van der Waals surface area contributed by atoms with Crippen LogP contribution in [0, 0.1) is 0 Å². The molecule has 0 aliphatic heterocycles. The van der Waals surface area contributed by atoms with Crippen LogP contribution < -0.4 is 0 Å². The number of alkyl halides is 3. The lowest BCUT2D eigenvalue weighted by atomic mass is 10.0. The number of rotatable bonds is 3. The number of allylic oxidation sites excluding steroid dienone is 1. The highest BCUT2D eigenvalue weighted by Gasteiger charge is 2.33. The van der Waals surface area contributed by atoms with Crippen molar-refractivity contribution in [2.45, 2.75) is 20.0 Å². The zero-order valence-corrected chi connectivity index (χ0v) is 10.0. The number of benzene rings is 1. The minimum absolute atomic E-state index is 0.0157. The van der Waals surface area contributed by atoms with Gasteiger partial charge in [0.15, 0.2) is 0 Å². The summed E-state index contributed by atoms with van der Waals surface area (Å²) in [5.41, 5.74) is -0.553. The average molecular weight is 258 g/mol. The molecule has 0 aliphatic rings. The molecule has 1 aromatic carbocycles. The van der Waals surface area contributed by atoms with Gasteiger partial charge in [-0.15, -0.1) is 0 Å². The van der Waals surface area contributed by atoms with E-state index >= 15 is 0 Å². The van der Waals surface area contributed by atoms with Crippen LogP contribution in [0.4, 0.5) is 13.2 Å². The van der Waals surface area contributed by atoms with Crippen molar-refractivity contribution in [1.82, 2.24) is 0 Å². The lowest BCUT2D eigenvalue weighted by Crippen LogP contribution is -2.09. The Bertz CT molecular complexity index is 462. The summed E-state index contributed by atoms with van der Waals surface area (Å²) in [6.45, 7) is 3.26. The van der Waals surface area contributed by atoms with Gasteiger partial charge in [-0.3, -0.25) is 0 Å². The molecule has 0 atom stereocenters. The number of carbonyl (C=O) groups is 1. The summed E-state index contributed by atoms with van der Waals surface area (Å²) < 4.78 is 42.9. The van der Waals surface area contributed by atoms with Crippen molar-refractivity contribution in [3.05, 3.63) is 41.5 Å². The van der Waals surface area contributed by atoms with E-state index in [-0.39, 0.29) is 17.7 Å². The molecule has 2 nitrogen and oxygen atoms in total. The van der Waals surface area contributed by atoms with E-state index in [0.29, 0.717) is 0 Å². The van der Waals surface area contributed by atoms with Crippen LogP contribution in [0.25, 0.3) is 5.57 Å². The first-order valence-corrected chi connectivity index (χ1v) is 5.38. The molecule has 0 amide bonds. The number of esters is 1. The standard InChI is InChI=1S/C13H13F3O2/c1-3-18-12(17)8-9(2)10-6-4-5-7-11(10)13(14,15)16/h4-8H,3H2,1-2H3/b9-8-. The van der Waals surface area contributed by atoms with Crippen molar-refractivity contribution in [3.8, 4) is 0 Å². The number of hydrogen-bond donors (Lipinski definition) is 0. The van der Waals surface area contributed by atoms with E-state index < -0.39 is 17.7 Å². The second-order valence-corrected chi connectivity index (χ2v) is 3.62. The molecule has 0 radical (unpaired) electrons. The summed E-state index contributed by atoms with van der Waals surface area (Å²) in [6, 6.07) is 5.11. The van der Waals surface area contributed by atoms with Crippen LogP contribution in [-0.4, -0.2) is 12.6 Å². The van der Waals surface area contributed by atoms with Crippen molar-refractivity contribution in [3.63, 3.8) is 0 Å². The van der Waals surface area contributed by atoms with Crippen molar-refractivity contribution in [2.24, 2.45) is 0 Å². The molecular weight excluding hydrogens is 245 g/mol. The monoisotopic (exact) mass is 258 g/mol. The van der Waals surface area contributed by atoms with Crippen LogP contribution in [0.1, 0.15) is 25.0 Å². The van der Waals surface area contributed by atoms with Crippen molar-refractivity contribution in [2.75, 3.05) is 6.61 Å². The molecule has 0 aliphatic carbocycles. The average Bonchev–Trinajstić information content (AvgIpc) is 2.28. The molecule has 0 saturated carbocycles. The van der Waals surface area contributed by atoms with Gasteiger partial charge in [0.05, 0.1) is 12.2 Å². The molecule has 0 spiro atoms. The molecule has 0 fully saturated rings. The summed E-state index contributed by atoms with van der Waals surface area (Å²) >= 11 is 0. The van der Waals surface area contributed by atoms with Crippen molar-refractivity contribution in [1.29, 1.82) is 0 Å². The zero-order chi connectivity index (χ0) is 13.8. The SMILES string of the molecule is CCOC(=O)/C=C(/C)c1ccccc1C(F)(F)F. The summed E-state index contributed by atoms with van der Waals surface area (Å²) in [5, 5.41) is 0. The molecule has 0 heterocycles. The van der Waals surface area contributed by atoms with E-state index in [2.05, 4.69) is 4.74 Å². The minimum Gasteiger partial charge on any atom is -0.463 e. The molecular formula is C13H13F3O2. The third kappa shape index (κ3) is 3.61. The fourth-order valence-electron chi connectivity index (χ4n) is 1.51. The van der Waals surface area contributed by atoms with Crippen LogP contribution in [0.3, 0.4) is 0 Å². The predicted molar refractivity (Wildman–Crippen MR) is 61.7 cm³/mol. The highest BCUT2D eigenvalue weighted by Crippen LogP contribution is 2.34. The maximum Gasteiger partial charge on any atom is 0.416 e. The normalized spacial score (nSPS) is 12.4. The van der Waals surface area contributed by atoms with E-state index in [0.717, 1.165) is 12.1 Å². The Kier molecular flexibility index (Phi) is 4.53. The lowest BCUT2D eigenvalue weighted by Gasteiger charge is -2.12. The Labute approximate surface area is 103 Å². The molecule has 0 bridgehead atoms. The highest BCUT2D eigenvalue weighted by atomic mass is 19.4. The van der Waals surface area contributed by atoms with Crippen molar-refractivity contribution < 1.29 is 22.7 Å². The highest BCUT2D eigenvalue weighted by molar-refractivity contribution is 5.91. The topological polar surface area (TPSA) is 26.3 Å². The maximum atomic E-state index is 12.8. The molecule has 0 aromatic heterocycles. The Morgan fingerprint density at radius 3 is 2.50 bits per heavy atom. The number of carbonyl (C=O) groups excluding carboxylic acids is 1. The van der Waals surface area contributed by atoms with Crippen LogP contribution in [-0.2, 0) is 15.7 Å². The van der Waals surface area contributed by atoms with Gasteiger partial charge in [-0.1, -0.05) is 18.2 Å². The van der Waals surface area contributed by atoms with E-state index in [1.54, 1.807) is 6.92 Å². The summed E-state index contributed by atoms with van der Waals surface area (Å²) in [5.74, 6) is -0.646. The van der Waals surface area contributed by atoms with E-state index in [1.165, 1.54) is 25.1 Å². The van der Waals surface area contributed by atoms with Crippen LogP contribution in [0.15, 0.2) is 30.3 Å². The predicted octanol–water partition coefficient (Wildman–Crippen LogP) is 3.67. The second kappa shape index (κ2) is 5.71.